The fraction of sp³-hybridized carbons (Fsp3) is 0.308. The smallest absolute Gasteiger partial charge is 0.128 e. The molecule has 0 saturated heterocycles. The zero-order valence-corrected chi connectivity index (χ0v) is 27.1. The Balaban J connectivity index is 1.63. The summed E-state index contributed by atoms with van der Waals surface area (Å²) in [6.07, 6.45) is 6.96. The van der Waals surface area contributed by atoms with Crippen LogP contribution in [0.5, 0.6) is 0 Å². The van der Waals surface area contributed by atoms with Crippen LogP contribution in [0, 0.1) is 18.7 Å². The van der Waals surface area contributed by atoms with E-state index in [-0.39, 0.29) is 11.7 Å². The number of allylic oxidation sites excluding steroid dienone is 4. The van der Waals surface area contributed by atoms with Crippen molar-refractivity contribution in [2.75, 3.05) is 13.1 Å². The molecule has 0 fully saturated rings. The van der Waals surface area contributed by atoms with Gasteiger partial charge in [-0.1, -0.05) is 76.4 Å². The molecular formula is C39H46FN5. The fourth-order valence-corrected chi connectivity index (χ4v) is 6.34. The van der Waals surface area contributed by atoms with E-state index in [1.54, 1.807) is 6.07 Å². The quantitative estimate of drug-likeness (QED) is 0.182. The highest BCUT2D eigenvalue weighted by atomic mass is 19.1. The van der Waals surface area contributed by atoms with Crippen LogP contribution in [0.25, 0.3) is 16.6 Å². The van der Waals surface area contributed by atoms with Crippen LogP contribution in [-0.2, 0) is 19.6 Å². The van der Waals surface area contributed by atoms with Gasteiger partial charge in [-0.2, -0.15) is 0 Å². The zero-order chi connectivity index (χ0) is 32.2. The molecule has 2 aliphatic rings. The minimum Gasteiger partial charge on any atom is -0.387 e. The molecule has 1 aromatic heterocycles. The Labute approximate surface area is 268 Å². The molecule has 5 rings (SSSR count). The summed E-state index contributed by atoms with van der Waals surface area (Å²) < 4.78 is 15.0. The first-order valence-electron chi connectivity index (χ1n) is 15.9. The number of hydrogen-bond donors (Lipinski definition) is 2. The molecule has 234 valence electrons. The number of nitrogens with zero attached hydrogens (tertiary/aromatic N) is 3. The molecule has 3 aromatic rings. The number of aryl methyl sites for hydroxylation is 1. The summed E-state index contributed by atoms with van der Waals surface area (Å²) in [7, 11) is 0. The lowest BCUT2D eigenvalue weighted by Crippen LogP contribution is -2.26. The minimum absolute atomic E-state index is 0.177. The van der Waals surface area contributed by atoms with Gasteiger partial charge in [0.2, 0.25) is 0 Å². The number of nitrogens with one attached hydrogen (secondary N) is 1. The second-order valence-electron chi connectivity index (χ2n) is 12.2. The number of aromatic nitrogens is 1. The average molecular weight is 604 g/mol. The van der Waals surface area contributed by atoms with Gasteiger partial charge in [-0.3, -0.25) is 0 Å². The molecule has 0 spiro atoms. The standard InChI is InChI=1S/C39H46FN5/c1-8-13-31-29(7)45-24-35-34(23-44(22-30-14-11-10-12-15-30)28(6)16-17-42-27(5)21-41)33-18-26(4)36(40)20-37(33)43-39(35)38(45)19-32(31)25(3)9-2/h9-12,14-15,18-20,25,42H,2,5-8,13,16-17,21-24,41H2,1,3-4H3. The Kier molecular flexibility index (Phi) is 9.74. The van der Waals surface area contributed by atoms with Crippen molar-refractivity contribution in [1.29, 1.82) is 0 Å². The zero-order valence-electron chi connectivity index (χ0n) is 27.1. The summed E-state index contributed by atoms with van der Waals surface area (Å²) in [5, 5.41) is 4.28. The molecule has 0 amide bonds. The Bertz CT molecular complexity index is 1710. The van der Waals surface area contributed by atoms with Gasteiger partial charge in [0.1, 0.15) is 5.82 Å². The summed E-state index contributed by atoms with van der Waals surface area (Å²) in [5.74, 6) is -0.0729. The highest BCUT2D eigenvalue weighted by Crippen LogP contribution is 2.46. The topological polar surface area (TPSA) is 57.4 Å². The van der Waals surface area contributed by atoms with Crippen LogP contribution in [0.4, 0.5) is 4.39 Å². The summed E-state index contributed by atoms with van der Waals surface area (Å²) in [6.45, 7) is 26.4. The minimum atomic E-state index is -0.249. The SMILES string of the molecule is C=CC(C)C1=C(CCC)C(=C)N2Cc3c(nc4cc(F)c(C)cc4c3CN(Cc3ccccc3)C(=C)CCNC(=C)CN)C2=C1. The van der Waals surface area contributed by atoms with Crippen LogP contribution in [0.2, 0.25) is 0 Å². The monoisotopic (exact) mass is 603 g/mol. The molecule has 0 radical (unpaired) electrons. The third-order valence-electron chi connectivity index (χ3n) is 9.04. The highest BCUT2D eigenvalue weighted by Gasteiger charge is 2.36. The summed E-state index contributed by atoms with van der Waals surface area (Å²) in [5.41, 5.74) is 17.8. The predicted octanol–water partition coefficient (Wildman–Crippen LogP) is 8.25. The maximum atomic E-state index is 15.0. The highest BCUT2D eigenvalue weighted by molar-refractivity contribution is 5.89. The van der Waals surface area contributed by atoms with Crippen LogP contribution in [0.1, 0.15) is 61.1 Å². The molecule has 1 unspecified atom stereocenters. The van der Waals surface area contributed by atoms with Crippen LogP contribution in [-0.4, -0.2) is 27.9 Å². The van der Waals surface area contributed by atoms with Gasteiger partial charge in [-0.05, 0) is 59.2 Å². The van der Waals surface area contributed by atoms with Crippen molar-refractivity contribution in [3.63, 3.8) is 0 Å². The third-order valence-corrected chi connectivity index (χ3v) is 9.04. The molecule has 0 bridgehead atoms. The second kappa shape index (κ2) is 13.7. The van der Waals surface area contributed by atoms with E-state index >= 15 is 4.39 Å². The van der Waals surface area contributed by atoms with E-state index in [4.69, 9.17) is 10.7 Å². The van der Waals surface area contributed by atoms with E-state index in [0.717, 1.165) is 64.3 Å². The number of pyridine rings is 1. The van der Waals surface area contributed by atoms with Crippen LogP contribution >= 0.6 is 0 Å². The van der Waals surface area contributed by atoms with Crippen molar-refractivity contribution in [2.45, 2.75) is 59.7 Å². The molecule has 3 N–H and O–H groups in total. The van der Waals surface area contributed by atoms with Crippen molar-refractivity contribution in [1.82, 2.24) is 20.1 Å². The van der Waals surface area contributed by atoms with Gasteiger partial charge in [0.25, 0.3) is 0 Å². The van der Waals surface area contributed by atoms with Gasteiger partial charge >= 0.3 is 0 Å². The number of halogens is 1. The van der Waals surface area contributed by atoms with Gasteiger partial charge < -0.3 is 20.9 Å². The lowest BCUT2D eigenvalue weighted by molar-refractivity contribution is 0.317. The maximum Gasteiger partial charge on any atom is 0.128 e. The Morgan fingerprint density at radius 2 is 1.96 bits per heavy atom. The molecule has 0 saturated carbocycles. The van der Waals surface area contributed by atoms with Gasteiger partial charge in [-0.25, -0.2) is 9.37 Å². The molecule has 6 heteroatoms. The van der Waals surface area contributed by atoms with Gasteiger partial charge in [0, 0.05) is 66.7 Å². The normalized spacial score (nSPS) is 14.6. The van der Waals surface area contributed by atoms with Crippen molar-refractivity contribution in [3.05, 3.63) is 143 Å². The van der Waals surface area contributed by atoms with Gasteiger partial charge in [-0.15, -0.1) is 6.58 Å². The number of fused-ring (bicyclic) bond motifs is 4. The van der Waals surface area contributed by atoms with E-state index in [2.05, 4.69) is 85.6 Å². The van der Waals surface area contributed by atoms with Crippen LogP contribution < -0.4 is 11.1 Å². The molecule has 2 aliphatic heterocycles. The molecule has 1 atom stereocenters. The fourth-order valence-electron chi connectivity index (χ4n) is 6.34. The van der Waals surface area contributed by atoms with Crippen LogP contribution in [0.15, 0.2) is 109 Å². The maximum absolute atomic E-state index is 15.0. The number of rotatable bonds is 14. The molecular weight excluding hydrogens is 557 g/mol. The summed E-state index contributed by atoms with van der Waals surface area (Å²) in [4.78, 5) is 9.76. The predicted molar refractivity (Wildman–Crippen MR) is 186 cm³/mol. The van der Waals surface area contributed by atoms with E-state index in [0.29, 0.717) is 43.8 Å². The lowest BCUT2D eigenvalue weighted by atomic mass is 9.88. The van der Waals surface area contributed by atoms with E-state index in [1.165, 1.54) is 16.7 Å². The van der Waals surface area contributed by atoms with E-state index < -0.39 is 0 Å². The van der Waals surface area contributed by atoms with Gasteiger partial charge in [0.15, 0.2) is 0 Å². The molecule has 45 heavy (non-hydrogen) atoms. The number of nitrogens with two attached hydrogens (primary N) is 1. The molecule has 2 aromatic carbocycles. The molecule has 5 nitrogen and oxygen atoms in total. The van der Waals surface area contributed by atoms with Crippen molar-refractivity contribution in [2.24, 2.45) is 11.7 Å². The molecule has 0 aliphatic carbocycles. The van der Waals surface area contributed by atoms with Crippen molar-refractivity contribution in [3.8, 4) is 0 Å². The van der Waals surface area contributed by atoms with Gasteiger partial charge in [0.05, 0.1) is 23.5 Å². The van der Waals surface area contributed by atoms with Crippen LogP contribution in [0.3, 0.4) is 0 Å². The molecule has 3 heterocycles. The third kappa shape index (κ3) is 6.52. The lowest BCUT2D eigenvalue weighted by Gasteiger charge is -2.32. The largest absolute Gasteiger partial charge is 0.387 e. The first-order valence-corrected chi connectivity index (χ1v) is 15.9. The number of hydrogen-bond acceptors (Lipinski definition) is 5. The number of benzene rings is 2. The first kappa shape index (κ1) is 32.0. The summed E-state index contributed by atoms with van der Waals surface area (Å²) in [6, 6.07) is 14.0. The van der Waals surface area contributed by atoms with E-state index in [1.807, 2.05) is 25.1 Å². The Morgan fingerprint density at radius 1 is 1.20 bits per heavy atom. The average Bonchev–Trinajstić information content (AvgIpc) is 3.41. The Hall–Kier alpha value is -4.42. The van der Waals surface area contributed by atoms with E-state index in [9.17, 15) is 0 Å². The summed E-state index contributed by atoms with van der Waals surface area (Å²) >= 11 is 0. The Morgan fingerprint density at radius 3 is 2.64 bits per heavy atom. The van der Waals surface area contributed by atoms with Crippen molar-refractivity contribution >= 4 is 16.6 Å². The first-order chi connectivity index (χ1) is 21.7. The van der Waals surface area contributed by atoms with Crippen molar-refractivity contribution < 1.29 is 4.39 Å². The second-order valence-corrected chi connectivity index (χ2v) is 12.2.